The standard InChI is InChI=1S/C19H19ClN4O2/c20-11-6-7-15-13(10-11)22-18(26-15)23-17-21-12-4-3-5-14(25)16(12)19(24-17)8-1-2-9-19/h6-7,10,16H,1-5,8-9H2,(H,22,23,24). The number of hydrogen-bond donors (Lipinski definition) is 1. The van der Waals surface area contributed by atoms with Crippen molar-refractivity contribution < 1.29 is 9.21 Å². The smallest absolute Gasteiger partial charge is 0.302 e. The molecule has 7 heteroatoms. The van der Waals surface area contributed by atoms with E-state index in [9.17, 15) is 4.79 Å². The number of Topliss-reactive ketones (excluding diaryl/α,β-unsaturated/α-hetero) is 1. The summed E-state index contributed by atoms with van der Waals surface area (Å²) in [6.45, 7) is 0. The highest BCUT2D eigenvalue weighted by Gasteiger charge is 2.50. The first-order valence-corrected chi connectivity index (χ1v) is 9.54. The lowest BCUT2D eigenvalue weighted by molar-refractivity contribution is -0.123. The largest absolute Gasteiger partial charge is 0.423 e. The SMILES string of the molecule is O=C1CCCC2=NC(Nc3nc4cc(Cl)ccc4o3)=NC3(CCCC3)C12. The maximum absolute atomic E-state index is 12.6. The summed E-state index contributed by atoms with van der Waals surface area (Å²) in [6, 6.07) is 5.66. The van der Waals surface area contributed by atoms with Gasteiger partial charge >= 0.3 is 6.01 Å². The van der Waals surface area contributed by atoms with Crippen LogP contribution >= 0.6 is 11.6 Å². The lowest BCUT2D eigenvalue weighted by Gasteiger charge is -2.39. The average molecular weight is 371 g/mol. The summed E-state index contributed by atoms with van der Waals surface area (Å²) in [6.07, 6.45) is 6.48. The number of oxazole rings is 1. The third-order valence-corrected chi connectivity index (χ3v) is 5.90. The van der Waals surface area contributed by atoms with E-state index in [4.69, 9.17) is 21.0 Å². The fourth-order valence-corrected chi connectivity index (χ4v) is 4.74. The summed E-state index contributed by atoms with van der Waals surface area (Å²) < 4.78 is 5.74. The molecule has 0 saturated heterocycles. The molecule has 2 aliphatic carbocycles. The van der Waals surface area contributed by atoms with Crippen LogP contribution in [0.15, 0.2) is 32.6 Å². The Morgan fingerprint density at radius 2 is 2.04 bits per heavy atom. The van der Waals surface area contributed by atoms with Gasteiger partial charge in [-0.1, -0.05) is 24.4 Å². The van der Waals surface area contributed by atoms with Crippen LogP contribution in [-0.4, -0.2) is 28.0 Å². The van der Waals surface area contributed by atoms with E-state index in [0.717, 1.165) is 44.2 Å². The Kier molecular flexibility index (Phi) is 3.64. The minimum atomic E-state index is -0.327. The van der Waals surface area contributed by atoms with Crippen molar-refractivity contribution in [3.63, 3.8) is 0 Å². The third kappa shape index (κ3) is 2.55. The molecule has 5 rings (SSSR count). The zero-order valence-electron chi connectivity index (χ0n) is 14.3. The zero-order valence-corrected chi connectivity index (χ0v) is 15.1. The van der Waals surface area contributed by atoms with Gasteiger partial charge in [0.25, 0.3) is 0 Å². The number of anilines is 1. The molecule has 134 valence electrons. The minimum Gasteiger partial charge on any atom is -0.423 e. The number of ketones is 1. The van der Waals surface area contributed by atoms with Gasteiger partial charge in [0.1, 0.15) is 11.3 Å². The molecule has 2 aromatic rings. The first-order valence-electron chi connectivity index (χ1n) is 9.16. The van der Waals surface area contributed by atoms with Crippen molar-refractivity contribution in [2.45, 2.75) is 50.5 Å². The molecule has 6 nitrogen and oxygen atoms in total. The Bertz CT molecular complexity index is 956. The lowest BCUT2D eigenvalue weighted by atomic mass is 9.71. The highest BCUT2D eigenvalue weighted by Crippen LogP contribution is 2.45. The predicted molar refractivity (Wildman–Crippen MR) is 101 cm³/mol. The second kappa shape index (κ2) is 5.91. The molecular formula is C19H19ClN4O2. The molecule has 2 heterocycles. The first-order chi connectivity index (χ1) is 12.6. The van der Waals surface area contributed by atoms with E-state index in [0.29, 0.717) is 40.3 Å². The molecule has 0 amide bonds. The Morgan fingerprint density at radius 3 is 2.88 bits per heavy atom. The number of carbonyl (C=O) groups excluding carboxylic acids is 1. The summed E-state index contributed by atoms with van der Waals surface area (Å²) >= 11 is 6.01. The zero-order chi connectivity index (χ0) is 17.7. The monoisotopic (exact) mass is 370 g/mol. The van der Waals surface area contributed by atoms with Crippen LogP contribution in [0.1, 0.15) is 44.9 Å². The average Bonchev–Trinajstić information content (AvgIpc) is 3.21. The van der Waals surface area contributed by atoms with Crippen LogP contribution in [0, 0.1) is 5.92 Å². The van der Waals surface area contributed by atoms with Gasteiger partial charge in [0, 0.05) is 17.2 Å². The van der Waals surface area contributed by atoms with Crippen molar-refractivity contribution in [1.29, 1.82) is 0 Å². The number of benzene rings is 1. The van der Waals surface area contributed by atoms with Crippen molar-refractivity contribution in [3.8, 4) is 0 Å². The second-order valence-electron chi connectivity index (χ2n) is 7.36. The number of guanidine groups is 1. The van der Waals surface area contributed by atoms with E-state index in [1.807, 2.05) is 0 Å². The van der Waals surface area contributed by atoms with Crippen LogP contribution in [0.2, 0.25) is 5.02 Å². The third-order valence-electron chi connectivity index (χ3n) is 5.66. The number of nitrogens with zero attached hydrogens (tertiary/aromatic N) is 3. The van der Waals surface area contributed by atoms with Gasteiger partial charge in [0.05, 0.1) is 11.5 Å². The molecule has 0 radical (unpaired) electrons. The lowest BCUT2D eigenvalue weighted by Crippen LogP contribution is -2.49. The number of rotatable bonds is 1. The normalized spacial score (nSPS) is 24.5. The molecule has 2 saturated carbocycles. The van der Waals surface area contributed by atoms with Crippen molar-refractivity contribution in [1.82, 2.24) is 4.98 Å². The van der Waals surface area contributed by atoms with Crippen LogP contribution in [0.3, 0.4) is 0 Å². The maximum atomic E-state index is 12.6. The van der Waals surface area contributed by atoms with E-state index in [-0.39, 0.29) is 11.5 Å². The van der Waals surface area contributed by atoms with Crippen LogP contribution in [0.4, 0.5) is 6.01 Å². The predicted octanol–water partition coefficient (Wildman–Crippen LogP) is 4.39. The molecule has 0 bridgehead atoms. The van der Waals surface area contributed by atoms with Gasteiger partial charge in [-0.05, 0) is 43.9 Å². The van der Waals surface area contributed by atoms with Crippen molar-refractivity contribution >= 4 is 46.2 Å². The van der Waals surface area contributed by atoms with Crippen LogP contribution in [-0.2, 0) is 4.79 Å². The number of nitrogens with one attached hydrogen (secondary N) is 1. The van der Waals surface area contributed by atoms with Crippen molar-refractivity contribution in [2.24, 2.45) is 15.9 Å². The van der Waals surface area contributed by atoms with Gasteiger partial charge in [-0.25, -0.2) is 9.98 Å². The van der Waals surface area contributed by atoms with Crippen molar-refractivity contribution in [3.05, 3.63) is 23.2 Å². The summed E-state index contributed by atoms with van der Waals surface area (Å²) in [4.78, 5) is 26.6. The molecular weight excluding hydrogens is 352 g/mol. The van der Waals surface area contributed by atoms with Gasteiger partial charge in [-0.2, -0.15) is 4.98 Å². The number of aliphatic imine (C=N–C) groups is 2. The molecule has 1 aromatic heterocycles. The molecule has 3 aliphatic rings. The summed E-state index contributed by atoms with van der Waals surface area (Å²) in [5, 5.41) is 3.73. The molecule has 1 spiro atoms. The summed E-state index contributed by atoms with van der Waals surface area (Å²) in [7, 11) is 0. The van der Waals surface area contributed by atoms with Crippen LogP contribution < -0.4 is 5.32 Å². The highest BCUT2D eigenvalue weighted by atomic mass is 35.5. The number of fused-ring (bicyclic) bond motifs is 3. The Hall–Kier alpha value is -2.21. The van der Waals surface area contributed by atoms with E-state index in [2.05, 4.69) is 15.3 Å². The van der Waals surface area contributed by atoms with Gasteiger partial charge < -0.3 is 4.42 Å². The molecule has 1 atom stereocenters. The summed E-state index contributed by atoms with van der Waals surface area (Å²) in [5.74, 6) is 0.674. The maximum Gasteiger partial charge on any atom is 0.302 e. The molecule has 1 aromatic carbocycles. The van der Waals surface area contributed by atoms with E-state index < -0.39 is 0 Å². The van der Waals surface area contributed by atoms with Crippen LogP contribution in [0.5, 0.6) is 0 Å². The Balaban J connectivity index is 1.51. The first kappa shape index (κ1) is 16.0. The van der Waals surface area contributed by atoms with Gasteiger partial charge in [0.15, 0.2) is 5.58 Å². The summed E-state index contributed by atoms with van der Waals surface area (Å²) in [5.41, 5.74) is 1.99. The van der Waals surface area contributed by atoms with E-state index in [1.165, 1.54) is 0 Å². The fraction of sp³-hybridized carbons (Fsp3) is 0.474. The van der Waals surface area contributed by atoms with Gasteiger partial charge in [0.2, 0.25) is 5.96 Å². The number of halogens is 1. The highest BCUT2D eigenvalue weighted by molar-refractivity contribution is 6.31. The quantitative estimate of drug-likeness (QED) is 0.807. The van der Waals surface area contributed by atoms with E-state index in [1.54, 1.807) is 18.2 Å². The van der Waals surface area contributed by atoms with Gasteiger partial charge in [-0.15, -0.1) is 0 Å². The topological polar surface area (TPSA) is 79.9 Å². The minimum absolute atomic E-state index is 0.133. The molecule has 1 N–H and O–H groups in total. The number of hydrogen-bond acceptors (Lipinski definition) is 6. The van der Waals surface area contributed by atoms with Crippen LogP contribution in [0.25, 0.3) is 11.1 Å². The molecule has 2 fully saturated rings. The second-order valence-corrected chi connectivity index (χ2v) is 7.79. The number of aromatic nitrogens is 1. The Labute approximate surface area is 155 Å². The fourth-order valence-electron chi connectivity index (χ4n) is 4.58. The molecule has 26 heavy (non-hydrogen) atoms. The Morgan fingerprint density at radius 1 is 1.19 bits per heavy atom. The van der Waals surface area contributed by atoms with Crippen molar-refractivity contribution in [2.75, 3.05) is 5.32 Å². The molecule has 1 aliphatic heterocycles. The number of carbonyl (C=O) groups is 1. The van der Waals surface area contributed by atoms with Gasteiger partial charge in [-0.3, -0.25) is 10.1 Å². The molecule has 1 unspecified atom stereocenters. The van der Waals surface area contributed by atoms with E-state index >= 15 is 0 Å².